The molecule has 5 nitrogen and oxygen atoms in total. The molecule has 0 aliphatic carbocycles. The van der Waals surface area contributed by atoms with E-state index < -0.39 is 0 Å². The van der Waals surface area contributed by atoms with Crippen molar-refractivity contribution in [3.63, 3.8) is 0 Å². The first-order valence-electron chi connectivity index (χ1n) is 10.6. The maximum absolute atomic E-state index is 13.9. The van der Waals surface area contributed by atoms with Crippen LogP contribution in [0.15, 0.2) is 52.3 Å². The number of hydrogen-bond donors (Lipinski definition) is 2. The van der Waals surface area contributed by atoms with Crippen molar-refractivity contribution < 1.29 is 14.0 Å². The van der Waals surface area contributed by atoms with Crippen LogP contribution in [0.25, 0.3) is 6.08 Å². The second-order valence-electron chi connectivity index (χ2n) is 7.43. The molecule has 7 heteroatoms. The monoisotopic (exact) mass is 441 g/mol. The van der Waals surface area contributed by atoms with Crippen LogP contribution in [0.4, 0.5) is 10.1 Å². The van der Waals surface area contributed by atoms with E-state index in [0.29, 0.717) is 28.4 Å². The molecule has 3 rings (SSSR count). The number of benzene rings is 2. The van der Waals surface area contributed by atoms with Gasteiger partial charge in [0, 0.05) is 16.0 Å². The molecule has 164 valence electrons. The lowest BCUT2D eigenvalue weighted by atomic mass is 10.1. The van der Waals surface area contributed by atoms with Gasteiger partial charge in [0.15, 0.2) is 0 Å². The topological polar surface area (TPSA) is 61.4 Å². The molecule has 0 fully saturated rings. The third-order valence-corrected chi connectivity index (χ3v) is 6.06. The Bertz CT molecular complexity index is 977. The van der Waals surface area contributed by atoms with Crippen molar-refractivity contribution in [3.05, 3.63) is 64.3 Å². The van der Waals surface area contributed by atoms with Gasteiger partial charge in [-0.05, 0) is 56.3 Å². The number of fused-ring (bicyclic) bond motifs is 1. The minimum Gasteiger partial charge on any atom is -0.339 e. The molecule has 31 heavy (non-hydrogen) atoms. The Labute approximate surface area is 187 Å². The van der Waals surface area contributed by atoms with Gasteiger partial charge in [-0.15, -0.1) is 0 Å². The van der Waals surface area contributed by atoms with Crippen molar-refractivity contribution in [1.82, 2.24) is 10.2 Å². The summed E-state index contributed by atoms with van der Waals surface area (Å²) >= 11 is 1.27. The van der Waals surface area contributed by atoms with Gasteiger partial charge in [0.1, 0.15) is 5.82 Å². The maximum Gasteiger partial charge on any atom is 0.262 e. The Morgan fingerprint density at radius 2 is 1.97 bits per heavy atom. The van der Waals surface area contributed by atoms with E-state index in [4.69, 9.17) is 0 Å². The summed E-state index contributed by atoms with van der Waals surface area (Å²) in [5, 5.41) is 5.79. The van der Waals surface area contributed by atoms with Gasteiger partial charge in [0.2, 0.25) is 0 Å². The maximum atomic E-state index is 13.9. The summed E-state index contributed by atoms with van der Waals surface area (Å²) in [5.74, 6) is -0.864. The Morgan fingerprint density at radius 3 is 2.71 bits per heavy atom. The number of nitrogens with zero attached hydrogens (tertiary/aromatic N) is 1. The molecule has 0 saturated heterocycles. The van der Waals surface area contributed by atoms with E-state index in [9.17, 15) is 14.0 Å². The van der Waals surface area contributed by atoms with E-state index in [0.717, 1.165) is 37.2 Å². The summed E-state index contributed by atoms with van der Waals surface area (Å²) in [4.78, 5) is 28.6. The standard InChI is InChI=1S/C24H28FN3O2S/c1-3-5-13-28(12-4-2)16-26-23(29)18-10-11-21-20(14-18)27-24(30)22(31-21)15-17-8-6-7-9-19(17)25/h6-11,14-15H,3-5,12-13,16H2,1-2H3,(H,26,29)(H,27,30). The van der Waals surface area contributed by atoms with E-state index in [1.54, 1.807) is 30.3 Å². The summed E-state index contributed by atoms with van der Waals surface area (Å²) < 4.78 is 13.9. The molecule has 0 saturated carbocycles. The molecule has 0 spiro atoms. The molecule has 1 aliphatic rings. The minimum atomic E-state index is -0.378. The first kappa shape index (κ1) is 23.0. The summed E-state index contributed by atoms with van der Waals surface area (Å²) in [6.45, 7) is 6.67. The lowest BCUT2D eigenvalue weighted by Crippen LogP contribution is -2.38. The van der Waals surface area contributed by atoms with Crippen LogP contribution in [0.3, 0.4) is 0 Å². The van der Waals surface area contributed by atoms with Crippen molar-refractivity contribution >= 4 is 35.3 Å². The number of halogens is 1. The largest absolute Gasteiger partial charge is 0.339 e. The first-order chi connectivity index (χ1) is 15.0. The van der Waals surface area contributed by atoms with Crippen molar-refractivity contribution in [1.29, 1.82) is 0 Å². The van der Waals surface area contributed by atoms with E-state index in [1.165, 1.54) is 23.9 Å². The van der Waals surface area contributed by atoms with Crippen LogP contribution in [0.5, 0.6) is 0 Å². The molecule has 0 radical (unpaired) electrons. The van der Waals surface area contributed by atoms with Crippen LogP contribution >= 0.6 is 11.8 Å². The van der Waals surface area contributed by atoms with E-state index in [-0.39, 0.29) is 17.6 Å². The second kappa shape index (κ2) is 11.1. The minimum absolute atomic E-state index is 0.174. The lowest BCUT2D eigenvalue weighted by molar-refractivity contribution is -0.112. The van der Waals surface area contributed by atoms with Gasteiger partial charge in [-0.1, -0.05) is 50.2 Å². The normalized spacial score (nSPS) is 14.5. The molecule has 1 aliphatic heterocycles. The molecule has 2 aromatic rings. The van der Waals surface area contributed by atoms with E-state index in [2.05, 4.69) is 29.4 Å². The van der Waals surface area contributed by atoms with Gasteiger partial charge in [-0.2, -0.15) is 0 Å². The van der Waals surface area contributed by atoms with Crippen LogP contribution in [0, 0.1) is 5.82 Å². The fourth-order valence-electron chi connectivity index (χ4n) is 3.29. The summed E-state index contributed by atoms with van der Waals surface area (Å²) in [5.41, 5.74) is 1.44. The van der Waals surface area contributed by atoms with Crippen molar-refractivity contribution in [2.75, 3.05) is 25.1 Å². The lowest BCUT2D eigenvalue weighted by Gasteiger charge is -2.22. The predicted octanol–water partition coefficient (Wildman–Crippen LogP) is 5.11. The van der Waals surface area contributed by atoms with Crippen LogP contribution in [0.2, 0.25) is 0 Å². The number of carbonyl (C=O) groups is 2. The van der Waals surface area contributed by atoms with Gasteiger partial charge in [-0.3, -0.25) is 14.5 Å². The highest BCUT2D eigenvalue weighted by atomic mass is 32.2. The number of carbonyl (C=O) groups excluding carboxylic acids is 2. The number of thioether (sulfide) groups is 1. The average Bonchev–Trinajstić information content (AvgIpc) is 2.77. The molecule has 0 unspecified atom stereocenters. The number of unbranched alkanes of at least 4 members (excludes halogenated alkanes) is 1. The molecule has 2 amide bonds. The van der Waals surface area contributed by atoms with Crippen molar-refractivity contribution in [3.8, 4) is 0 Å². The van der Waals surface area contributed by atoms with Gasteiger partial charge in [0.25, 0.3) is 11.8 Å². The number of anilines is 1. The molecular formula is C24H28FN3O2S. The summed E-state index contributed by atoms with van der Waals surface area (Å²) in [7, 11) is 0. The Hall–Kier alpha value is -2.64. The van der Waals surface area contributed by atoms with Gasteiger partial charge in [0.05, 0.1) is 17.3 Å². The van der Waals surface area contributed by atoms with Crippen LogP contribution < -0.4 is 10.6 Å². The Balaban J connectivity index is 1.69. The zero-order valence-corrected chi connectivity index (χ0v) is 18.7. The highest BCUT2D eigenvalue weighted by Crippen LogP contribution is 2.39. The van der Waals surface area contributed by atoms with Crippen LogP contribution in [-0.2, 0) is 4.79 Å². The van der Waals surface area contributed by atoms with E-state index in [1.807, 2.05) is 6.07 Å². The molecule has 0 aromatic heterocycles. The van der Waals surface area contributed by atoms with Gasteiger partial charge >= 0.3 is 0 Å². The number of hydrogen-bond acceptors (Lipinski definition) is 4. The highest BCUT2D eigenvalue weighted by molar-refractivity contribution is 8.04. The number of rotatable bonds is 9. The molecule has 1 heterocycles. The molecular weight excluding hydrogens is 413 g/mol. The summed E-state index contributed by atoms with van der Waals surface area (Å²) in [6.07, 6.45) is 4.78. The fraction of sp³-hybridized carbons (Fsp3) is 0.333. The Morgan fingerprint density at radius 1 is 1.16 bits per heavy atom. The van der Waals surface area contributed by atoms with E-state index >= 15 is 0 Å². The van der Waals surface area contributed by atoms with Gasteiger partial charge in [-0.25, -0.2) is 4.39 Å². The quantitative estimate of drug-likeness (QED) is 0.419. The smallest absolute Gasteiger partial charge is 0.262 e. The summed E-state index contributed by atoms with van der Waals surface area (Å²) in [6, 6.07) is 11.6. The molecule has 0 atom stereocenters. The Kier molecular flexibility index (Phi) is 8.26. The second-order valence-corrected chi connectivity index (χ2v) is 8.52. The third-order valence-electron chi connectivity index (χ3n) is 4.96. The SMILES string of the molecule is CCCCN(CCC)CNC(=O)c1ccc2c(c1)NC(=O)C(=Cc1ccccc1F)S2. The highest BCUT2D eigenvalue weighted by Gasteiger charge is 2.22. The van der Waals surface area contributed by atoms with Crippen molar-refractivity contribution in [2.45, 2.75) is 38.0 Å². The number of nitrogens with one attached hydrogen (secondary N) is 2. The molecule has 2 aromatic carbocycles. The zero-order chi connectivity index (χ0) is 22.2. The number of amides is 2. The van der Waals surface area contributed by atoms with Crippen LogP contribution in [-0.4, -0.2) is 36.5 Å². The van der Waals surface area contributed by atoms with Gasteiger partial charge < -0.3 is 10.6 Å². The molecule has 0 bridgehead atoms. The molecule has 2 N–H and O–H groups in total. The first-order valence-corrected chi connectivity index (χ1v) is 11.4. The van der Waals surface area contributed by atoms with Crippen molar-refractivity contribution in [2.24, 2.45) is 0 Å². The third kappa shape index (κ3) is 6.18. The fourth-order valence-corrected chi connectivity index (χ4v) is 4.21. The zero-order valence-electron chi connectivity index (χ0n) is 17.9. The predicted molar refractivity (Wildman–Crippen MR) is 124 cm³/mol. The average molecular weight is 442 g/mol. The van der Waals surface area contributed by atoms with Crippen LogP contribution in [0.1, 0.15) is 49.0 Å².